The van der Waals surface area contributed by atoms with Gasteiger partial charge < -0.3 is 15.4 Å². The molecule has 0 radical (unpaired) electrons. The average molecular weight is 240 g/mol. The van der Waals surface area contributed by atoms with E-state index in [0.717, 1.165) is 12.8 Å². The Morgan fingerprint density at radius 3 is 2.88 bits per heavy atom. The van der Waals surface area contributed by atoms with E-state index in [-0.39, 0.29) is 17.4 Å². The molecule has 0 spiro atoms. The summed E-state index contributed by atoms with van der Waals surface area (Å²) >= 11 is 0. The van der Waals surface area contributed by atoms with Crippen LogP contribution in [0.4, 0.5) is 0 Å². The topological polar surface area (TPSA) is 55.6 Å². The zero-order valence-corrected chi connectivity index (χ0v) is 10.9. The normalized spacial score (nSPS) is 32.8. The molecular formula is C13H24N2O2. The van der Waals surface area contributed by atoms with Crippen LogP contribution in [-0.2, 0) is 9.53 Å². The molecule has 2 atom stereocenters. The number of morpholine rings is 1. The Balaban J connectivity index is 2.07. The van der Waals surface area contributed by atoms with Crippen molar-refractivity contribution in [2.45, 2.75) is 39.2 Å². The quantitative estimate of drug-likeness (QED) is 0.783. The summed E-state index contributed by atoms with van der Waals surface area (Å²) in [6.45, 7) is 6.86. The second kappa shape index (κ2) is 4.94. The summed E-state index contributed by atoms with van der Waals surface area (Å²) in [5.74, 6) is 0.473. The van der Waals surface area contributed by atoms with Crippen molar-refractivity contribution < 1.29 is 9.53 Å². The molecule has 4 heteroatoms. The van der Waals surface area contributed by atoms with E-state index in [4.69, 9.17) is 10.5 Å². The molecule has 1 aliphatic carbocycles. The zero-order chi connectivity index (χ0) is 12.5. The van der Waals surface area contributed by atoms with Crippen LogP contribution in [0.2, 0.25) is 0 Å². The molecule has 2 N–H and O–H groups in total. The Labute approximate surface area is 103 Å². The van der Waals surface area contributed by atoms with E-state index in [1.807, 2.05) is 4.90 Å². The number of hydrogen-bond donors (Lipinski definition) is 1. The molecule has 0 aromatic heterocycles. The van der Waals surface area contributed by atoms with E-state index in [1.165, 1.54) is 6.42 Å². The van der Waals surface area contributed by atoms with Gasteiger partial charge in [0.05, 0.1) is 19.3 Å². The molecule has 2 unspecified atom stereocenters. The molecule has 0 aromatic rings. The van der Waals surface area contributed by atoms with E-state index in [2.05, 4.69) is 13.8 Å². The number of ether oxygens (including phenoxy) is 1. The summed E-state index contributed by atoms with van der Waals surface area (Å²) < 4.78 is 5.39. The maximum atomic E-state index is 12.6. The highest BCUT2D eigenvalue weighted by Gasteiger charge is 2.42. The van der Waals surface area contributed by atoms with Crippen LogP contribution in [0.1, 0.15) is 33.1 Å². The van der Waals surface area contributed by atoms with Crippen LogP contribution in [-0.4, -0.2) is 43.2 Å². The molecule has 2 fully saturated rings. The molecule has 1 saturated heterocycles. The summed E-state index contributed by atoms with van der Waals surface area (Å²) in [6, 6.07) is 0.0765. The Morgan fingerprint density at radius 2 is 2.29 bits per heavy atom. The van der Waals surface area contributed by atoms with Crippen LogP contribution in [0.5, 0.6) is 0 Å². The Hall–Kier alpha value is -0.610. The van der Waals surface area contributed by atoms with Crippen LogP contribution in [0.25, 0.3) is 0 Å². The van der Waals surface area contributed by atoms with Crippen molar-refractivity contribution in [3.63, 3.8) is 0 Å². The van der Waals surface area contributed by atoms with Gasteiger partial charge in [0.2, 0.25) is 5.91 Å². The predicted octanol–water partition coefficient (Wildman–Crippen LogP) is 0.999. The van der Waals surface area contributed by atoms with Gasteiger partial charge in [0.15, 0.2) is 0 Å². The van der Waals surface area contributed by atoms with Crippen LogP contribution in [0.15, 0.2) is 0 Å². The van der Waals surface area contributed by atoms with E-state index in [9.17, 15) is 4.79 Å². The number of hydrogen-bond acceptors (Lipinski definition) is 3. The molecule has 0 bridgehead atoms. The van der Waals surface area contributed by atoms with Crippen molar-refractivity contribution >= 4 is 5.91 Å². The molecule has 1 saturated carbocycles. The third-order valence-corrected chi connectivity index (χ3v) is 4.34. The molecule has 0 aromatic carbocycles. The summed E-state index contributed by atoms with van der Waals surface area (Å²) in [5, 5.41) is 0. The van der Waals surface area contributed by atoms with Gasteiger partial charge in [-0.05, 0) is 18.3 Å². The maximum absolute atomic E-state index is 12.6. The van der Waals surface area contributed by atoms with Gasteiger partial charge in [0, 0.05) is 19.0 Å². The van der Waals surface area contributed by atoms with Gasteiger partial charge in [-0.1, -0.05) is 20.3 Å². The smallest absolute Gasteiger partial charge is 0.226 e. The molecule has 2 aliphatic rings. The first-order valence-electron chi connectivity index (χ1n) is 6.64. The lowest BCUT2D eigenvalue weighted by molar-refractivity contribution is -0.146. The van der Waals surface area contributed by atoms with Crippen molar-refractivity contribution in [3.8, 4) is 0 Å². The molecule has 98 valence electrons. The number of carbonyl (C=O) groups is 1. The minimum atomic E-state index is 0.0765. The van der Waals surface area contributed by atoms with E-state index >= 15 is 0 Å². The largest absolute Gasteiger partial charge is 0.377 e. The minimum Gasteiger partial charge on any atom is -0.377 e. The highest BCUT2D eigenvalue weighted by atomic mass is 16.5. The summed E-state index contributed by atoms with van der Waals surface area (Å²) in [4.78, 5) is 14.6. The predicted molar refractivity (Wildman–Crippen MR) is 66.5 cm³/mol. The van der Waals surface area contributed by atoms with Gasteiger partial charge in [0.1, 0.15) is 0 Å². The molecule has 2 rings (SSSR count). The number of rotatable bonds is 2. The molecule has 1 aliphatic heterocycles. The van der Waals surface area contributed by atoms with Crippen molar-refractivity contribution in [2.75, 3.05) is 26.3 Å². The molecular weight excluding hydrogens is 216 g/mol. The first-order valence-corrected chi connectivity index (χ1v) is 6.64. The number of nitrogens with two attached hydrogens (primary N) is 1. The first-order chi connectivity index (χ1) is 8.06. The molecule has 1 amide bonds. The lowest BCUT2D eigenvalue weighted by Crippen LogP contribution is -2.54. The van der Waals surface area contributed by atoms with Gasteiger partial charge in [-0.3, -0.25) is 4.79 Å². The second-order valence-electron chi connectivity index (χ2n) is 5.93. The number of amides is 1. The minimum absolute atomic E-state index is 0.0765. The van der Waals surface area contributed by atoms with Gasteiger partial charge in [-0.15, -0.1) is 0 Å². The Kier molecular flexibility index (Phi) is 3.73. The Bertz CT molecular complexity index is 291. The SMILES string of the molecule is CC1(C)CCCC1C(=O)N1CCOCC1CN. The third-order valence-electron chi connectivity index (χ3n) is 4.34. The fourth-order valence-electron chi connectivity index (χ4n) is 3.12. The van der Waals surface area contributed by atoms with Crippen LogP contribution >= 0.6 is 0 Å². The van der Waals surface area contributed by atoms with Gasteiger partial charge in [-0.2, -0.15) is 0 Å². The van der Waals surface area contributed by atoms with Gasteiger partial charge >= 0.3 is 0 Å². The van der Waals surface area contributed by atoms with Crippen molar-refractivity contribution in [3.05, 3.63) is 0 Å². The summed E-state index contributed by atoms with van der Waals surface area (Å²) in [7, 11) is 0. The van der Waals surface area contributed by atoms with Crippen LogP contribution in [0, 0.1) is 11.3 Å². The van der Waals surface area contributed by atoms with E-state index < -0.39 is 0 Å². The fraction of sp³-hybridized carbons (Fsp3) is 0.923. The van der Waals surface area contributed by atoms with Crippen molar-refractivity contribution in [1.29, 1.82) is 0 Å². The maximum Gasteiger partial charge on any atom is 0.226 e. The second-order valence-corrected chi connectivity index (χ2v) is 5.93. The van der Waals surface area contributed by atoms with Gasteiger partial charge in [0.25, 0.3) is 0 Å². The summed E-state index contributed by atoms with van der Waals surface area (Å²) in [5.41, 5.74) is 5.87. The number of carbonyl (C=O) groups excluding carboxylic acids is 1. The average Bonchev–Trinajstić information content (AvgIpc) is 2.68. The zero-order valence-electron chi connectivity index (χ0n) is 10.9. The monoisotopic (exact) mass is 240 g/mol. The molecule has 4 nitrogen and oxygen atoms in total. The van der Waals surface area contributed by atoms with Gasteiger partial charge in [-0.25, -0.2) is 0 Å². The van der Waals surface area contributed by atoms with Crippen molar-refractivity contribution in [1.82, 2.24) is 4.90 Å². The highest BCUT2D eigenvalue weighted by Crippen LogP contribution is 2.43. The third kappa shape index (κ3) is 2.47. The molecule has 17 heavy (non-hydrogen) atoms. The number of nitrogens with zero attached hydrogens (tertiary/aromatic N) is 1. The van der Waals surface area contributed by atoms with Crippen molar-refractivity contribution in [2.24, 2.45) is 17.1 Å². The summed E-state index contributed by atoms with van der Waals surface area (Å²) in [6.07, 6.45) is 3.35. The fourth-order valence-corrected chi connectivity index (χ4v) is 3.12. The lowest BCUT2D eigenvalue weighted by atomic mass is 9.81. The lowest BCUT2D eigenvalue weighted by Gasteiger charge is -2.39. The van der Waals surface area contributed by atoms with Crippen LogP contribution < -0.4 is 5.73 Å². The van der Waals surface area contributed by atoms with Crippen LogP contribution in [0.3, 0.4) is 0 Å². The standard InChI is InChI=1S/C13H24N2O2/c1-13(2)5-3-4-11(13)12(16)15-6-7-17-9-10(15)8-14/h10-11H,3-9,14H2,1-2H3. The van der Waals surface area contributed by atoms with E-state index in [0.29, 0.717) is 32.2 Å². The Morgan fingerprint density at radius 1 is 1.53 bits per heavy atom. The highest BCUT2D eigenvalue weighted by molar-refractivity contribution is 5.80. The first kappa shape index (κ1) is 12.8. The van der Waals surface area contributed by atoms with E-state index in [1.54, 1.807) is 0 Å². The molecule has 1 heterocycles.